The zero-order chi connectivity index (χ0) is 13.6. The molecule has 3 heterocycles. The minimum Gasteiger partial charge on any atom is -0.374 e. The quantitative estimate of drug-likeness (QED) is 0.839. The number of rotatable bonds is 3. The maximum absolute atomic E-state index is 11.8. The van der Waals surface area contributed by atoms with Crippen molar-refractivity contribution in [2.75, 3.05) is 19.6 Å². The zero-order valence-corrected chi connectivity index (χ0v) is 12.3. The summed E-state index contributed by atoms with van der Waals surface area (Å²) >= 11 is 0. The zero-order valence-electron chi connectivity index (χ0n) is 12.3. The number of amides is 1. The molecule has 0 spiro atoms. The van der Waals surface area contributed by atoms with Crippen molar-refractivity contribution in [2.45, 2.75) is 57.8 Å². The highest BCUT2D eigenvalue weighted by atomic mass is 16.5. The Morgan fingerprint density at radius 3 is 2.32 bits per heavy atom. The first-order chi connectivity index (χ1) is 8.92. The van der Waals surface area contributed by atoms with Crippen LogP contribution in [0.15, 0.2) is 0 Å². The third-order valence-electron chi connectivity index (χ3n) is 4.70. The van der Waals surface area contributed by atoms with Crippen LogP contribution in [0.5, 0.6) is 0 Å². The highest BCUT2D eigenvalue weighted by Gasteiger charge is 2.52. The Bertz CT molecular complexity index is 346. The number of hydrogen-bond donors (Lipinski definition) is 1. The van der Waals surface area contributed by atoms with Crippen molar-refractivity contribution < 1.29 is 9.53 Å². The SMILES string of the molecule is CC(C)(C)NC(=O)CCN1C[C@@H]2[C@@H](C1)[C@H]1CC[C@H]2O1. The molecule has 3 aliphatic heterocycles. The van der Waals surface area contributed by atoms with Gasteiger partial charge in [-0.1, -0.05) is 0 Å². The van der Waals surface area contributed by atoms with Crippen LogP contribution in [0.4, 0.5) is 0 Å². The standard InChI is InChI=1S/C15H26N2O2/c1-15(2,3)16-14(18)6-7-17-8-10-11(9-17)13-5-4-12(10)19-13/h10-13H,4-9H2,1-3H3,(H,16,18)/t10-,11-,12-,13-/m1/s1. The van der Waals surface area contributed by atoms with Gasteiger partial charge >= 0.3 is 0 Å². The summed E-state index contributed by atoms with van der Waals surface area (Å²) in [7, 11) is 0. The lowest BCUT2D eigenvalue weighted by Gasteiger charge is -2.22. The van der Waals surface area contributed by atoms with Gasteiger partial charge in [-0.25, -0.2) is 0 Å². The van der Waals surface area contributed by atoms with Crippen LogP contribution in [0.2, 0.25) is 0 Å². The normalized spacial score (nSPS) is 37.6. The van der Waals surface area contributed by atoms with Gasteiger partial charge in [0.25, 0.3) is 0 Å². The summed E-state index contributed by atoms with van der Waals surface area (Å²) < 4.78 is 5.97. The molecule has 4 heteroatoms. The second-order valence-corrected chi connectivity index (χ2v) is 7.43. The third-order valence-corrected chi connectivity index (χ3v) is 4.70. The molecule has 108 valence electrons. The molecule has 19 heavy (non-hydrogen) atoms. The first-order valence-corrected chi connectivity index (χ1v) is 7.61. The van der Waals surface area contributed by atoms with Gasteiger partial charge in [0.2, 0.25) is 5.91 Å². The number of ether oxygens (including phenoxy) is 1. The summed E-state index contributed by atoms with van der Waals surface area (Å²) in [6.45, 7) is 9.25. The molecule has 0 radical (unpaired) electrons. The van der Waals surface area contributed by atoms with Crippen LogP contribution in [0.1, 0.15) is 40.0 Å². The summed E-state index contributed by atoms with van der Waals surface area (Å²) in [6.07, 6.45) is 4.16. The molecule has 1 amide bonds. The monoisotopic (exact) mass is 266 g/mol. The lowest BCUT2D eigenvalue weighted by Crippen LogP contribution is -2.42. The van der Waals surface area contributed by atoms with E-state index >= 15 is 0 Å². The van der Waals surface area contributed by atoms with Crippen LogP contribution in [0, 0.1) is 11.8 Å². The smallest absolute Gasteiger partial charge is 0.221 e. The average molecular weight is 266 g/mol. The molecule has 2 bridgehead atoms. The van der Waals surface area contributed by atoms with Crippen LogP contribution < -0.4 is 5.32 Å². The summed E-state index contributed by atoms with van der Waals surface area (Å²) in [5, 5.41) is 3.03. The maximum Gasteiger partial charge on any atom is 0.221 e. The van der Waals surface area contributed by atoms with E-state index < -0.39 is 0 Å². The minimum atomic E-state index is -0.119. The van der Waals surface area contributed by atoms with Crippen molar-refractivity contribution in [1.29, 1.82) is 0 Å². The Kier molecular flexibility index (Phi) is 3.34. The van der Waals surface area contributed by atoms with E-state index in [4.69, 9.17) is 4.74 Å². The van der Waals surface area contributed by atoms with Crippen LogP contribution >= 0.6 is 0 Å². The summed E-state index contributed by atoms with van der Waals surface area (Å²) in [4.78, 5) is 14.3. The Labute approximate surface area is 115 Å². The van der Waals surface area contributed by atoms with E-state index in [0.29, 0.717) is 18.6 Å². The van der Waals surface area contributed by atoms with E-state index in [1.165, 1.54) is 12.8 Å². The number of nitrogens with one attached hydrogen (secondary N) is 1. The second kappa shape index (κ2) is 4.74. The van der Waals surface area contributed by atoms with Crippen molar-refractivity contribution in [1.82, 2.24) is 10.2 Å². The minimum absolute atomic E-state index is 0.119. The summed E-state index contributed by atoms with van der Waals surface area (Å²) in [5.41, 5.74) is -0.119. The third kappa shape index (κ3) is 2.79. The van der Waals surface area contributed by atoms with E-state index in [1.54, 1.807) is 0 Å². The number of carbonyl (C=O) groups excluding carboxylic acids is 1. The van der Waals surface area contributed by atoms with Crippen LogP contribution in [-0.2, 0) is 9.53 Å². The lowest BCUT2D eigenvalue weighted by atomic mass is 9.82. The lowest BCUT2D eigenvalue weighted by molar-refractivity contribution is -0.122. The van der Waals surface area contributed by atoms with Gasteiger partial charge in [-0.3, -0.25) is 4.79 Å². The second-order valence-electron chi connectivity index (χ2n) is 7.43. The molecule has 4 atom stereocenters. The van der Waals surface area contributed by atoms with Crippen molar-refractivity contribution in [3.63, 3.8) is 0 Å². The fourth-order valence-corrected chi connectivity index (χ4v) is 3.97. The van der Waals surface area contributed by atoms with Gasteiger partial charge in [0.05, 0.1) is 12.2 Å². The van der Waals surface area contributed by atoms with Crippen molar-refractivity contribution in [3.05, 3.63) is 0 Å². The number of fused-ring (bicyclic) bond motifs is 5. The van der Waals surface area contributed by atoms with Gasteiger partial charge in [0.1, 0.15) is 0 Å². The van der Waals surface area contributed by atoms with Crippen molar-refractivity contribution in [3.8, 4) is 0 Å². The molecule has 0 aliphatic carbocycles. The van der Waals surface area contributed by atoms with Crippen LogP contribution in [0.3, 0.4) is 0 Å². The molecule has 3 rings (SSSR count). The van der Waals surface area contributed by atoms with Gasteiger partial charge in [0.15, 0.2) is 0 Å². The van der Waals surface area contributed by atoms with Crippen molar-refractivity contribution >= 4 is 5.91 Å². The van der Waals surface area contributed by atoms with Crippen molar-refractivity contribution in [2.24, 2.45) is 11.8 Å². The number of hydrogen-bond acceptors (Lipinski definition) is 3. The molecule has 0 unspecified atom stereocenters. The Morgan fingerprint density at radius 2 is 1.79 bits per heavy atom. The number of carbonyl (C=O) groups is 1. The molecule has 3 saturated heterocycles. The molecular weight excluding hydrogens is 240 g/mol. The molecule has 3 fully saturated rings. The van der Waals surface area contributed by atoms with E-state index in [2.05, 4.69) is 10.2 Å². The van der Waals surface area contributed by atoms with Crippen LogP contribution in [0.25, 0.3) is 0 Å². The Balaban J connectivity index is 1.44. The molecule has 0 saturated carbocycles. The van der Waals surface area contributed by atoms with Gasteiger partial charge in [0, 0.05) is 43.4 Å². The van der Waals surface area contributed by atoms with E-state index in [1.807, 2.05) is 20.8 Å². The van der Waals surface area contributed by atoms with E-state index in [0.717, 1.165) is 31.5 Å². The first kappa shape index (κ1) is 13.4. The predicted molar refractivity (Wildman–Crippen MR) is 73.8 cm³/mol. The molecule has 3 aliphatic rings. The fraction of sp³-hybridized carbons (Fsp3) is 0.933. The predicted octanol–water partition coefficient (Wildman–Crippen LogP) is 1.40. The average Bonchev–Trinajstić information content (AvgIpc) is 2.96. The highest BCUT2D eigenvalue weighted by molar-refractivity contribution is 5.76. The molecular formula is C15H26N2O2. The molecule has 1 N–H and O–H groups in total. The largest absolute Gasteiger partial charge is 0.374 e. The van der Waals surface area contributed by atoms with E-state index in [9.17, 15) is 4.79 Å². The number of likely N-dealkylation sites (tertiary alicyclic amines) is 1. The topological polar surface area (TPSA) is 41.6 Å². The van der Waals surface area contributed by atoms with Crippen LogP contribution in [-0.4, -0.2) is 48.2 Å². The summed E-state index contributed by atoms with van der Waals surface area (Å²) in [6, 6.07) is 0. The molecule has 0 aromatic rings. The van der Waals surface area contributed by atoms with Gasteiger partial charge in [-0.2, -0.15) is 0 Å². The van der Waals surface area contributed by atoms with Gasteiger partial charge in [-0.15, -0.1) is 0 Å². The molecule has 4 nitrogen and oxygen atoms in total. The molecule has 0 aromatic carbocycles. The van der Waals surface area contributed by atoms with E-state index in [-0.39, 0.29) is 11.4 Å². The summed E-state index contributed by atoms with van der Waals surface area (Å²) in [5.74, 6) is 1.65. The fourth-order valence-electron chi connectivity index (χ4n) is 3.97. The highest BCUT2D eigenvalue weighted by Crippen LogP contribution is 2.47. The van der Waals surface area contributed by atoms with Gasteiger partial charge in [-0.05, 0) is 33.6 Å². The first-order valence-electron chi connectivity index (χ1n) is 7.61. The maximum atomic E-state index is 11.8. The number of nitrogens with zero attached hydrogens (tertiary/aromatic N) is 1. The Hall–Kier alpha value is -0.610. The molecule has 0 aromatic heterocycles. The van der Waals surface area contributed by atoms with Gasteiger partial charge < -0.3 is 15.0 Å². The Morgan fingerprint density at radius 1 is 1.21 bits per heavy atom.